The Kier molecular flexibility index (Phi) is 5.72. The van der Waals surface area contributed by atoms with E-state index in [2.05, 4.69) is 15.1 Å². The van der Waals surface area contributed by atoms with Crippen LogP contribution in [0.1, 0.15) is 15.9 Å². The summed E-state index contributed by atoms with van der Waals surface area (Å²) in [6.45, 7) is -0.132. The first-order chi connectivity index (χ1) is 15.3. The second-order valence-corrected chi connectivity index (χ2v) is 8.80. The molecule has 0 bridgehead atoms. The number of nitrogens with one attached hydrogen (secondary N) is 2. The molecule has 4 aromatic rings. The van der Waals surface area contributed by atoms with Crippen molar-refractivity contribution in [1.29, 1.82) is 0 Å². The van der Waals surface area contributed by atoms with E-state index >= 15 is 0 Å². The number of aromatic nitrogens is 2. The third-order valence-electron chi connectivity index (χ3n) is 4.97. The number of benzene rings is 3. The van der Waals surface area contributed by atoms with Gasteiger partial charge in [0.15, 0.2) is 0 Å². The molecular weight excluding hydrogens is 438 g/mol. The second kappa shape index (κ2) is 8.48. The molecule has 1 aromatic heterocycles. The van der Waals surface area contributed by atoms with Crippen LogP contribution in [0.2, 0.25) is 0 Å². The molecule has 0 spiro atoms. The Morgan fingerprint density at radius 3 is 2.50 bits per heavy atom. The van der Waals surface area contributed by atoms with Gasteiger partial charge in [-0.3, -0.25) is 4.79 Å². The van der Waals surface area contributed by atoms with Crippen LogP contribution in [-0.2, 0) is 16.6 Å². The van der Waals surface area contributed by atoms with E-state index in [1.54, 1.807) is 35.0 Å². The number of hydrogen-bond acceptors (Lipinski definition) is 4. The van der Waals surface area contributed by atoms with Crippen LogP contribution in [0.15, 0.2) is 71.8 Å². The fourth-order valence-corrected chi connectivity index (χ4v) is 4.01. The summed E-state index contributed by atoms with van der Waals surface area (Å²) in [6, 6.07) is 14.4. The van der Waals surface area contributed by atoms with Gasteiger partial charge in [-0.2, -0.15) is 5.10 Å². The molecule has 3 aromatic carbocycles. The first-order valence-electron chi connectivity index (χ1n) is 9.53. The van der Waals surface area contributed by atoms with Gasteiger partial charge < -0.3 is 5.32 Å². The van der Waals surface area contributed by atoms with Gasteiger partial charge in [-0.05, 0) is 55.6 Å². The molecule has 10 heteroatoms. The zero-order chi connectivity index (χ0) is 22.9. The molecule has 0 saturated heterocycles. The third-order valence-corrected chi connectivity index (χ3v) is 6.38. The Bertz CT molecular complexity index is 1420. The number of fused-ring (bicyclic) bond motifs is 1. The molecule has 1 heterocycles. The van der Waals surface area contributed by atoms with Crippen LogP contribution in [0.5, 0.6) is 0 Å². The van der Waals surface area contributed by atoms with Gasteiger partial charge in [0.1, 0.15) is 11.6 Å². The van der Waals surface area contributed by atoms with Gasteiger partial charge in [-0.15, -0.1) is 0 Å². The normalized spacial score (nSPS) is 11.6. The highest BCUT2D eigenvalue weighted by Crippen LogP contribution is 2.22. The third kappa shape index (κ3) is 4.10. The summed E-state index contributed by atoms with van der Waals surface area (Å²) in [6.07, 6.45) is 1.53. The van der Waals surface area contributed by atoms with Crippen molar-refractivity contribution in [3.63, 3.8) is 0 Å². The van der Waals surface area contributed by atoms with Crippen molar-refractivity contribution >= 4 is 26.8 Å². The van der Waals surface area contributed by atoms with Gasteiger partial charge in [0.2, 0.25) is 10.0 Å². The molecule has 0 atom stereocenters. The fraction of sp³-hybridized carbons (Fsp3) is 0.0909. The number of carbonyl (C=O) groups is 1. The first kappa shape index (κ1) is 21.6. The van der Waals surface area contributed by atoms with E-state index in [9.17, 15) is 22.0 Å². The lowest BCUT2D eigenvalue weighted by Crippen LogP contribution is -2.24. The molecular formula is C22H18F2N4O3S. The summed E-state index contributed by atoms with van der Waals surface area (Å²) in [5.74, 6) is -1.56. The van der Waals surface area contributed by atoms with Crippen LogP contribution in [0.4, 0.5) is 8.78 Å². The average Bonchev–Trinajstić information content (AvgIpc) is 3.22. The Balaban J connectivity index is 1.57. The van der Waals surface area contributed by atoms with E-state index in [0.29, 0.717) is 22.2 Å². The smallest absolute Gasteiger partial charge is 0.252 e. The zero-order valence-electron chi connectivity index (χ0n) is 16.8. The number of amides is 1. The fourth-order valence-electron chi connectivity index (χ4n) is 3.26. The van der Waals surface area contributed by atoms with Crippen molar-refractivity contribution in [3.05, 3.63) is 89.6 Å². The maximum absolute atomic E-state index is 14.4. The molecule has 32 heavy (non-hydrogen) atoms. The number of hydrogen-bond donors (Lipinski definition) is 2. The van der Waals surface area contributed by atoms with Crippen LogP contribution in [0.25, 0.3) is 16.6 Å². The number of nitrogens with zero attached hydrogens (tertiary/aromatic N) is 2. The Labute approximate surface area is 182 Å². The van der Waals surface area contributed by atoms with Gasteiger partial charge in [0.05, 0.1) is 27.9 Å². The number of carbonyl (C=O) groups excluding carboxylic acids is 1. The Morgan fingerprint density at radius 2 is 1.81 bits per heavy atom. The maximum atomic E-state index is 14.4. The minimum absolute atomic E-state index is 0.132. The molecule has 7 nitrogen and oxygen atoms in total. The van der Waals surface area contributed by atoms with Gasteiger partial charge in [0.25, 0.3) is 5.91 Å². The molecule has 0 saturated carbocycles. The molecule has 0 fully saturated rings. The summed E-state index contributed by atoms with van der Waals surface area (Å²) in [7, 11) is -2.53. The van der Waals surface area contributed by atoms with Crippen LogP contribution in [0.3, 0.4) is 0 Å². The highest BCUT2D eigenvalue weighted by Gasteiger charge is 2.17. The molecule has 0 radical (unpaired) electrons. The van der Waals surface area contributed by atoms with E-state index < -0.39 is 21.7 Å². The van der Waals surface area contributed by atoms with Gasteiger partial charge in [-0.1, -0.05) is 12.1 Å². The van der Waals surface area contributed by atoms with Gasteiger partial charge in [-0.25, -0.2) is 26.6 Å². The Hall–Kier alpha value is -3.63. The molecule has 164 valence electrons. The average molecular weight is 456 g/mol. The topological polar surface area (TPSA) is 93.1 Å². The molecule has 0 unspecified atom stereocenters. The van der Waals surface area contributed by atoms with Crippen molar-refractivity contribution in [2.45, 2.75) is 11.4 Å². The van der Waals surface area contributed by atoms with Gasteiger partial charge in [0, 0.05) is 17.5 Å². The first-order valence-corrected chi connectivity index (χ1v) is 11.0. The maximum Gasteiger partial charge on any atom is 0.252 e. The Morgan fingerprint density at radius 1 is 1.06 bits per heavy atom. The quantitative estimate of drug-likeness (QED) is 0.466. The number of halogens is 2. The van der Waals surface area contributed by atoms with E-state index in [1.165, 1.54) is 37.5 Å². The van der Waals surface area contributed by atoms with Crippen molar-refractivity contribution in [2.75, 3.05) is 7.05 Å². The second-order valence-electron chi connectivity index (χ2n) is 6.91. The van der Waals surface area contributed by atoms with Crippen molar-refractivity contribution in [1.82, 2.24) is 19.8 Å². The summed E-state index contributed by atoms with van der Waals surface area (Å²) >= 11 is 0. The van der Waals surface area contributed by atoms with E-state index in [0.717, 1.165) is 6.07 Å². The van der Waals surface area contributed by atoms with Crippen LogP contribution < -0.4 is 10.0 Å². The number of rotatable bonds is 6. The lowest BCUT2D eigenvalue weighted by atomic mass is 10.1. The molecule has 0 aliphatic heterocycles. The van der Waals surface area contributed by atoms with E-state index in [1.807, 2.05) is 0 Å². The highest BCUT2D eigenvalue weighted by molar-refractivity contribution is 7.89. The zero-order valence-corrected chi connectivity index (χ0v) is 17.7. The van der Waals surface area contributed by atoms with Gasteiger partial charge >= 0.3 is 0 Å². The van der Waals surface area contributed by atoms with Crippen molar-refractivity contribution < 1.29 is 22.0 Å². The summed E-state index contributed by atoms with van der Waals surface area (Å²) in [4.78, 5) is 12.6. The summed E-state index contributed by atoms with van der Waals surface area (Å²) < 4.78 is 54.9. The molecule has 0 aliphatic rings. The number of sulfonamides is 1. The lowest BCUT2D eigenvalue weighted by molar-refractivity contribution is 0.0952. The van der Waals surface area contributed by atoms with Crippen molar-refractivity contribution in [3.8, 4) is 5.69 Å². The molecule has 2 N–H and O–H groups in total. The summed E-state index contributed by atoms with van der Waals surface area (Å²) in [5.41, 5.74) is 1.77. The van der Waals surface area contributed by atoms with Crippen LogP contribution in [0, 0.1) is 11.6 Å². The van der Waals surface area contributed by atoms with Crippen LogP contribution in [-0.4, -0.2) is 31.2 Å². The van der Waals surface area contributed by atoms with E-state index in [4.69, 9.17) is 0 Å². The SMILES string of the molecule is CNS(=O)(=O)c1ccc(CNC(=O)c2cccc3c2cnn3-c2ccc(F)cc2)c(F)c1. The largest absolute Gasteiger partial charge is 0.348 e. The highest BCUT2D eigenvalue weighted by atomic mass is 32.2. The van der Waals surface area contributed by atoms with Crippen LogP contribution >= 0.6 is 0 Å². The lowest BCUT2D eigenvalue weighted by Gasteiger charge is -2.09. The molecule has 0 aliphatic carbocycles. The minimum Gasteiger partial charge on any atom is -0.348 e. The monoisotopic (exact) mass is 456 g/mol. The van der Waals surface area contributed by atoms with E-state index in [-0.39, 0.29) is 22.8 Å². The predicted octanol–water partition coefficient (Wildman–Crippen LogP) is 3.14. The minimum atomic E-state index is -3.77. The molecule has 4 rings (SSSR count). The van der Waals surface area contributed by atoms with Crippen molar-refractivity contribution in [2.24, 2.45) is 0 Å². The summed E-state index contributed by atoms with van der Waals surface area (Å²) in [5, 5.41) is 7.52. The predicted molar refractivity (Wildman–Crippen MR) is 115 cm³/mol. The standard InChI is InChI=1S/C22H18F2N4O3S/c1-25-32(30,31)17-10-5-14(20(24)11-17)12-26-22(29)18-3-2-4-21-19(18)13-27-28(21)16-8-6-15(23)7-9-16/h2-11,13,25H,12H2,1H3,(H,26,29). The molecule has 1 amide bonds.